The van der Waals surface area contributed by atoms with Crippen LogP contribution in [0, 0.1) is 11.7 Å². The Kier molecular flexibility index (Phi) is 7.45. The third kappa shape index (κ3) is 5.37. The van der Waals surface area contributed by atoms with Gasteiger partial charge in [-0.2, -0.15) is 0 Å². The van der Waals surface area contributed by atoms with Gasteiger partial charge >= 0.3 is 0 Å². The summed E-state index contributed by atoms with van der Waals surface area (Å²) in [5.74, 6) is -0.940. The molecule has 1 aromatic rings. The van der Waals surface area contributed by atoms with Crippen molar-refractivity contribution in [3.63, 3.8) is 0 Å². The number of amides is 3. The van der Waals surface area contributed by atoms with Crippen LogP contribution in [0.5, 0.6) is 0 Å². The first-order valence-electron chi connectivity index (χ1n) is 11.1. The van der Waals surface area contributed by atoms with E-state index in [4.69, 9.17) is 0 Å². The zero-order valence-corrected chi connectivity index (χ0v) is 17.7. The molecule has 6 nitrogen and oxygen atoms in total. The molecule has 1 unspecified atom stereocenters. The third-order valence-electron chi connectivity index (χ3n) is 6.26. The van der Waals surface area contributed by atoms with E-state index < -0.39 is 5.54 Å². The maximum atomic E-state index is 13.1. The number of likely N-dealkylation sites (tertiary alicyclic amines) is 1. The fraction of sp³-hybridized carbons (Fsp3) is 0.609. The second-order valence-electron chi connectivity index (χ2n) is 8.47. The standard InChI is InChI=1S/C23H32FN3O3/c1-2-25-22(30)23(12-4-3-5-13-23)26-21(29)18-7-6-14-27(16-18)20(28)15-17-8-10-19(24)11-9-17/h8-11,18H,2-7,12-16H2,1H3,(H,25,30)(H,26,29). The average molecular weight is 418 g/mol. The molecule has 1 aliphatic heterocycles. The van der Waals surface area contributed by atoms with Gasteiger partial charge in [-0.3, -0.25) is 14.4 Å². The van der Waals surface area contributed by atoms with Crippen molar-refractivity contribution in [3.05, 3.63) is 35.6 Å². The Bertz CT molecular complexity index is 759. The Morgan fingerprint density at radius 3 is 2.47 bits per heavy atom. The van der Waals surface area contributed by atoms with Crippen molar-refractivity contribution in [2.45, 2.75) is 63.8 Å². The number of piperidine rings is 1. The van der Waals surface area contributed by atoms with Gasteiger partial charge in [0.1, 0.15) is 11.4 Å². The molecule has 7 heteroatoms. The highest BCUT2D eigenvalue weighted by molar-refractivity contribution is 5.92. The first-order chi connectivity index (χ1) is 14.4. The summed E-state index contributed by atoms with van der Waals surface area (Å²) >= 11 is 0. The predicted octanol–water partition coefficient (Wildman–Crippen LogP) is 2.56. The maximum Gasteiger partial charge on any atom is 0.245 e. The predicted molar refractivity (Wildman–Crippen MR) is 112 cm³/mol. The van der Waals surface area contributed by atoms with Crippen molar-refractivity contribution in [3.8, 4) is 0 Å². The Morgan fingerprint density at radius 2 is 1.80 bits per heavy atom. The monoisotopic (exact) mass is 417 g/mol. The van der Waals surface area contributed by atoms with Gasteiger partial charge in [0.25, 0.3) is 0 Å². The number of benzene rings is 1. The number of likely N-dealkylation sites (N-methyl/N-ethyl adjacent to an activating group) is 1. The van der Waals surface area contributed by atoms with Crippen LogP contribution in [0.3, 0.4) is 0 Å². The molecule has 30 heavy (non-hydrogen) atoms. The molecule has 2 aliphatic rings. The van der Waals surface area contributed by atoms with Gasteiger partial charge in [-0.25, -0.2) is 4.39 Å². The number of hydrogen-bond donors (Lipinski definition) is 2. The lowest BCUT2D eigenvalue weighted by atomic mass is 9.80. The van der Waals surface area contributed by atoms with E-state index in [9.17, 15) is 18.8 Å². The summed E-state index contributed by atoms with van der Waals surface area (Å²) in [6, 6.07) is 5.92. The molecule has 2 N–H and O–H groups in total. The van der Waals surface area contributed by atoms with Gasteiger partial charge < -0.3 is 15.5 Å². The number of carbonyl (C=O) groups excluding carboxylic acids is 3. The van der Waals surface area contributed by atoms with Crippen LogP contribution in [0.4, 0.5) is 4.39 Å². The lowest BCUT2D eigenvalue weighted by molar-refractivity contribution is -0.140. The maximum absolute atomic E-state index is 13.1. The summed E-state index contributed by atoms with van der Waals surface area (Å²) in [6.45, 7) is 3.39. The van der Waals surface area contributed by atoms with Gasteiger partial charge in [0.05, 0.1) is 12.3 Å². The Balaban J connectivity index is 1.62. The van der Waals surface area contributed by atoms with Gasteiger partial charge in [-0.05, 0) is 50.3 Å². The quantitative estimate of drug-likeness (QED) is 0.747. The van der Waals surface area contributed by atoms with Gasteiger partial charge in [0, 0.05) is 19.6 Å². The molecule has 2 fully saturated rings. The van der Waals surface area contributed by atoms with Gasteiger partial charge in [-0.1, -0.05) is 31.4 Å². The fourth-order valence-electron chi connectivity index (χ4n) is 4.54. The Hall–Kier alpha value is -2.44. The average Bonchev–Trinajstić information content (AvgIpc) is 2.76. The molecule has 3 rings (SSSR count). The van der Waals surface area contributed by atoms with E-state index in [0.29, 0.717) is 38.9 Å². The fourth-order valence-corrected chi connectivity index (χ4v) is 4.54. The van der Waals surface area contributed by atoms with Crippen LogP contribution in [-0.2, 0) is 20.8 Å². The number of nitrogens with one attached hydrogen (secondary N) is 2. The molecule has 3 amide bonds. The number of hydrogen-bond acceptors (Lipinski definition) is 3. The summed E-state index contributed by atoms with van der Waals surface area (Å²) in [4.78, 5) is 40.2. The first-order valence-corrected chi connectivity index (χ1v) is 11.1. The van der Waals surface area contributed by atoms with E-state index >= 15 is 0 Å². The molecule has 0 bridgehead atoms. The van der Waals surface area contributed by atoms with Gasteiger partial charge in [0.2, 0.25) is 17.7 Å². The van der Waals surface area contributed by atoms with E-state index in [2.05, 4.69) is 10.6 Å². The molecule has 1 aromatic carbocycles. The summed E-state index contributed by atoms with van der Waals surface area (Å²) in [7, 11) is 0. The molecule has 1 aliphatic carbocycles. The van der Waals surface area contributed by atoms with E-state index in [0.717, 1.165) is 31.2 Å². The van der Waals surface area contributed by atoms with Crippen LogP contribution >= 0.6 is 0 Å². The SMILES string of the molecule is CCNC(=O)C1(NC(=O)C2CCCN(C(=O)Cc3ccc(F)cc3)C2)CCCCC1. The van der Waals surface area contributed by atoms with Crippen LogP contribution < -0.4 is 10.6 Å². The minimum atomic E-state index is -0.828. The zero-order chi connectivity index (χ0) is 21.6. The van der Waals surface area contributed by atoms with Crippen LogP contribution in [-0.4, -0.2) is 47.8 Å². The zero-order valence-electron chi connectivity index (χ0n) is 17.7. The second-order valence-corrected chi connectivity index (χ2v) is 8.47. The number of rotatable bonds is 6. The molecule has 1 heterocycles. The molecular weight excluding hydrogens is 385 g/mol. The lowest BCUT2D eigenvalue weighted by Crippen LogP contribution is -2.61. The van der Waals surface area contributed by atoms with Gasteiger partial charge in [0.15, 0.2) is 0 Å². The van der Waals surface area contributed by atoms with Crippen molar-refractivity contribution >= 4 is 17.7 Å². The van der Waals surface area contributed by atoms with Crippen molar-refractivity contribution in [2.24, 2.45) is 5.92 Å². The number of halogens is 1. The molecule has 164 valence electrons. The van der Waals surface area contributed by atoms with Crippen LogP contribution in [0.25, 0.3) is 0 Å². The molecular formula is C23H32FN3O3. The third-order valence-corrected chi connectivity index (χ3v) is 6.26. The largest absolute Gasteiger partial charge is 0.354 e. The van der Waals surface area contributed by atoms with E-state index in [-0.39, 0.29) is 35.9 Å². The topological polar surface area (TPSA) is 78.5 Å². The lowest BCUT2D eigenvalue weighted by Gasteiger charge is -2.39. The summed E-state index contributed by atoms with van der Waals surface area (Å²) in [5, 5.41) is 5.95. The minimum absolute atomic E-state index is 0.0600. The van der Waals surface area contributed by atoms with Crippen molar-refractivity contribution in [1.29, 1.82) is 0 Å². The highest BCUT2D eigenvalue weighted by Gasteiger charge is 2.42. The minimum Gasteiger partial charge on any atom is -0.354 e. The van der Waals surface area contributed by atoms with Gasteiger partial charge in [-0.15, -0.1) is 0 Å². The van der Waals surface area contributed by atoms with Crippen molar-refractivity contribution < 1.29 is 18.8 Å². The number of nitrogens with zero attached hydrogens (tertiary/aromatic N) is 1. The Labute approximate surface area is 177 Å². The van der Waals surface area contributed by atoms with Crippen molar-refractivity contribution in [1.82, 2.24) is 15.5 Å². The molecule has 1 saturated carbocycles. The van der Waals surface area contributed by atoms with Crippen molar-refractivity contribution in [2.75, 3.05) is 19.6 Å². The molecule has 0 aromatic heterocycles. The molecule has 0 radical (unpaired) electrons. The highest BCUT2D eigenvalue weighted by Crippen LogP contribution is 2.30. The summed E-state index contributed by atoms with van der Waals surface area (Å²) in [5.41, 5.74) is -0.0727. The smallest absolute Gasteiger partial charge is 0.245 e. The normalized spacial score (nSPS) is 21.0. The Morgan fingerprint density at radius 1 is 1.10 bits per heavy atom. The van der Waals surface area contributed by atoms with E-state index in [1.54, 1.807) is 17.0 Å². The van der Waals surface area contributed by atoms with E-state index in [1.165, 1.54) is 12.1 Å². The molecule has 0 spiro atoms. The van der Waals surface area contributed by atoms with E-state index in [1.807, 2.05) is 6.92 Å². The summed E-state index contributed by atoms with van der Waals surface area (Å²) < 4.78 is 13.1. The van der Waals surface area contributed by atoms with Crippen LogP contribution in [0.15, 0.2) is 24.3 Å². The van der Waals surface area contributed by atoms with Crippen LogP contribution in [0.1, 0.15) is 57.4 Å². The van der Waals surface area contributed by atoms with Crippen LogP contribution in [0.2, 0.25) is 0 Å². The first kappa shape index (κ1) is 22.2. The molecule has 1 saturated heterocycles. The second kappa shape index (κ2) is 10.0. The summed E-state index contributed by atoms with van der Waals surface area (Å²) in [6.07, 6.45) is 5.88. The highest BCUT2D eigenvalue weighted by atomic mass is 19.1. The number of carbonyl (C=O) groups is 3. The molecule has 1 atom stereocenters.